The maximum atomic E-state index is 13.1. The second-order valence-electron chi connectivity index (χ2n) is 6.04. The molecule has 0 amide bonds. The van der Waals surface area contributed by atoms with Crippen LogP contribution in [-0.2, 0) is 0 Å². The predicted octanol–water partition coefficient (Wildman–Crippen LogP) is 5.68. The second kappa shape index (κ2) is 5.70. The molecule has 0 N–H and O–H groups in total. The summed E-state index contributed by atoms with van der Waals surface area (Å²) in [7, 11) is 0. The average molecular weight is 462 g/mol. The van der Waals surface area contributed by atoms with Gasteiger partial charge in [0.1, 0.15) is 0 Å². The van der Waals surface area contributed by atoms with E-state index in [4.69, 9.17) is 23.2 Å². The third-order valence-corrected chi connectivity index (χ3v) is 7.00. The summed E-state index contributed by atoms with van der Waals surface area (Å²) in [6, 6.07) is 12.3. The quantitative estimate of drug-likeness (QED) is 0.338. The number of hydrogen-bond acceptors (Lipinski definition) is 3. The molecule has 126 valence electrons. The highest BCUT2D eigenvalue weighted by Gasteiger charge is 2.29. The molecule has 1 aliphatic rings. The molecule has 4 aromatic rings. The molecule has 0 aliphatic carbocycles. The van der Waals surface area contributed by atoms with E-state index in [9.17, 15) is 9.59 Å². The molecule has 0 radical (unpaired) electrons. The highest BCUT2D eigenvalue weighted by molar-refractivity contribution is 9.10. The first-order valence-corrected chi connectivity index (χ1v) is 10.1. The highest BCUT2D eigenvalue weighted by Crippen LogP contribution is 2.42. The van der Waals surface area contributed by atoms with Crippen molar-refractivity contribution >= 4 is 83.1 Å². The molecule has 0 atom stereocenters. The Morgan fingerprint density at radius 1 is 0.885 bits per heavy atom. The van der Waals surface area contributed by atoms with Crippen LogP contribution >= 0.6 is 50.9 Å². The number of benzene rings is 3. The molecule has 0 fully saturated rings. The summed E-state index contributed by atoms with van der Waals surface area (Å²) >= 11 is 17.2. The van der Waals surface area contributed by atoms with Crippen LogP contribution < -0.4 is 10.6 Å². The van der Waals surface area contributed by atoms with E-state index in [-0.39, 0.29) is 11.2 Å². The molecule has 4 aromatic carbocycles. The van der Waals surface area contributed by atoms with Crippen LogP contribution in [0.4, 0.5) is 0 Å². The standard InChI is InChI=1S/C20H7BrCl2O2S/c21-12-5-3-10-15-11(4-6-13(23)17(12)15)18(24)16(10)20-19(25)9-2-1-8(22)7-14(9)26-20/h1-7H. The van der Waals surface area contributed by atoms with Crippen molar-refractivity contribution in [3.05, 3.63) is 78.0 Å². The zero-order valence-electron chi connectivity index (χ0n) is 12.9. The third-order valence-electron chi connectivity index (χ3n) is 4.63. The molecule has 0 saturated carbocycles. The van der Waals surface area contributed by atoms with Gasteiger partial charge in [0.25, 0.3) is 0 Å². The zero-order valence-corrected chi connectivity index (χ0v) is 16.8. The van der Waals surface area contributed by atoms with Crippen LogP contribution in [-0.4, -0.2) is 5.78 Å². The summed E-state index contributed by atoms with van der Waals surface area (Å²) < 4.78 is 0.822. The summed E-state index contributed by atoms with van der Waals surface area (Å²) in [6.07, 6.45) is 0. The van der Waals surface area contributed by atoms with Crippen LogP contribution in [0.15, 0.2) is 56.6 Å². The molecule has 0 bridgehead atoms. The summed E-state index contributed by atoms with van der Waals surface area (Å²) in [5.41, 5.74) is 0.437. The van der Waals surface area contributed by atoms with Gasteiger partial charge in [-0.2, -0.15) is 0 Å². The van der Waals surface area contributed by atoms with Gasteiger partial charge in [-0.1, -0.05) is 57.0 Å². The van der Waals surface area contributed by atoms with Gasteiger partial charge in [-0.25, -0.2) is 0 Å². The molecule has 6 heteroatoms. The smallest absolute Gasteiger partial charge is 0.201 e. The Bertz CT molecular complexity index is 1370. The van der Waals surface area contributed by atoms with Crippen molar-refractivity contribution in [3.63, 3.8) is 0 Å². The van der Waals surface area contributed by atoms with Crippen molar-refractivity contribution in [2.45, 2.75) is 4.90 Å². The second-order valence-corrected chi connectivity index (χ2v) is 8.79. The molecular formula is C20H7BrCl2O2S. The monoisotopic (exact) mass is 460 g/mol. The number of carbonyl (C=O) groups is 1. The molecule has 26 heavy (non-hydrogen) atoms. The number of hydrogen-bond donors (Lipinski definition) is 0. The van der Waals surface area contributed by atoms with Crippen LogP contribution in [0, 0.1) is 0 Å². The third kappa shape index (κ3) is 2.13. The fourth-order valence-corrected chi connectivity index (χ4v) is 5.84. The van der Waals surface area contributed by atoms with Crippen molar-refractivity contribution in [1.29, 1.82) is 0 Å². The first-order chi connectivity index (χ1) is 12.5. The Kier molecular flexibility index (Phi) is 3.63. The van der Waals surface area contributed by atoms with E-state index in [1.165, 1.54) is 11.8 Å². The van der Waals surface area contributed by atoms with Crippen molar-refractivity contribution in [2.75, 3.05) is 0 Å². The Morgan fingerprint density at radius 2 is 1.65 bits per heavy atom. The van der Waals surface area contributed by atoms with Crippen LogP contribution in [0.2, 0.25) is 10.0 Å². The Labute approximate surface area is 170 Å². The van der Waals surface area contributed by atoms with Crippen molar-refractivity contribution < 1.29 is 4.79 Å². The van der Waals surface area contributed by atoms with Gasteiger partial charge in [-0.15, -0.1) is 0 Å². The Hall–Kier alpha value is -1.59. The molecule has 0 saturated heterocycles. The minimum Gasteiger partial charge on any atom is -0.289 e. The SMILES string of the molecule is O=C1C(=c2c(=O)c3ccc(Cl)c4c(Br)ccc2c43)Sc2cc(Cl)ccc21. The van der Waals surface area contributed by atoms with Gasteiger partial charge < -0.3 is 0 Å². The van der Waals surface area contributed by atoms with Gasteiger partial charge >= 0.3 is 0 Å². The topological polar surface area (TPSA) is 34.1 Å². The maximum Gasteiger partial charge on any atom is 0.201 e. The molecule has 5 rings (SSSR count). The Morgan fingerprint density at radius 3 is 2.46 bits per heavy atom. The van der Waals surface area contributed by atoms with Gasteiger partial charge in [-0.05, 0) is 41.8 Å². The minimum absolute atomic E-state index is 0.139. The van der Waals surface area contributed by atoms with Gasteiger partial charge in [-0.3, -0.25) is 9.59 Å². The lowest BCUT2D eigenvalue weighted by atomic mass is 10.1. The van der Waals surface area contributed by atoms with E-state index in [2.05, 4.69) is 15.9 Å². The highest BCUT2D eigenvalue weighted by atomic mass is 79.9. The van der Waals surface area contributed by atoms with Crippen LogP contribution in [0.1, 0.15) is 10.4 Å². The molecule has 0 unspecified atom stereocenters. The molecule has 2 nitrogen and oxygen atoms in total. The summed E-state index contributed by atoms with van der Waals surface area (Å²) in [4.78, 5) is 27.3. The van der Waals surface area contributed by atoms with Gasteiger partial charge in [0.2, 0.25) is 5.78 Å². The van der Waals surface area contributed by atoms with E-state index in [1.807, 2.05) is 12.1 Å². The first kappa shape index (κ1) is 16.6. The summed E-state index contributed by atoms with van der Waals surface area (Å²) in [5.74, 6) is -0.139. The first-order valence-electron chi connectivity index (χ1n) is 7.69. The molecular weight excluding hydrogens is 455 g/mol. The van der Waals surface area contributed by atoms with Crippen LogP contribution in [0.25, 0.3) is 26.5 Å². The maximum absolute atomic E-state index is 13.1. The number of carbonyl (C=O) groups excluding carboxylic acids is 1. The number of Topliss-reactive ketones (excluding diaryl/α,β-unsaturated/α-hetero) is 1. The van der Waals surface area contributed by atoms with E-state index in [1.54, 1.807) is 30.3 Å². The summed E-state index contributed by atoms with van der Waals surface area (Å²) in [6.45, 7) is 0. The van der Waals surface area contributed by atoms with Crippen LogP contribution in [0.3, 0.4) is 0 Å². The molecule has 1 heterocycles. The van der Waals surface area contributed by atoms with Crippen molar-refractivity contribution in [2.24, 2.45) is 0 Å². The number of ketones is 1. The van der Waals surface area contributed by atoms with Crippen molar-refractivity contribution in [3.8, 4) is 0 Å². The normalized spacial score (nSPS) is 16.0. The summed E-state index contributed by atoms with van der Waals surface area (Å²) in [5, 5.41) is 4.49. The molecule has 0 spiro atoms. The number of rotatable bonds is 0. The lowest BCUT2D eigenvalue weighted by molar-refractivity contribution is 0.105. The number of halogens is 3. The molecule has 1 aliphatic heterocycles. The van der Waals surface area contributed by atoms with E-state index in [0.717, 1.165) is 25.5 Å². The fraction of sp³-hybridized carbons (Fsp3) is 0. The lowest BCUT2D eigenvalue weighted by Gasteiger charge is -2.03. The molecule has 0 aromatic heterocycles. The largest absolute Gasteiger partial charge is 0.289 e. The fourth-order valence-electron chi connectivity index (χ4n) is 3.50. The van der Waals surface area contributed by atoms with E-state index in [0.29, 0.717) is 31.1 Å². The van der Waals surface area contributed by atoms with Gasteiger partial charge in [0.15, 0.2) is 5.43 Å². The minimum atomic E-state index is -0.144. The number of fused-ring (bicyclic) bond motifs is 1. The van der Waals surface area contributed by atoms with Crippen LogP contribution in [0.5, 0.6) is 0 Å². The Balaban J connectivity index is 1.98. The average Bonchev–Trinajstić information content (AvgIpc) is 3.07. The number of thioether (sulfide) groups is 1. The van der Waals surface area contributed by atoms with Gasteiger partial charge in [0.05, 0.1) is 4.91 Å². The van der Waals surface area contributed by atoms with E-state index < -0.39 is 0 Å². The van der Waals surface area contributed by atoms with E-state index >= 15 is 0 Å². The lowest BCUT2D eigenvalue weighted by Crippen LogP contribution is -2.23. The van der Waals surface area contributed by atoms with Gasteiger partial charge in [0, 0.05) is 46.4 Å². The van der Waals surface area contributed by atoms with Crippen molar-refractivity contribution in [1.82, 2.24) is 0 Å². The zero-order chi connectivity index (χ0) is 18.2. The predicted molar refractivity (Wildman–Crippen MR) is 112 cm³/mol.